The van der Waals surface area contributed by atoms with Gasteiger partial charge in [-0.1, -0.05) is 84.9 Å². The Labute approximate surface area is 406 Å². The Morgan fingerprint density at radius 2 is 0.884 bits per heavy atom. The molecule has 0 saturated heterocycles. The predicted octanol–water partition coefficient (Wildman–Crippen LogP) is 9.16. The molecule has 0 saturated carbocycles. The topological polar surface area (TPSA) is 211 Å². The second-order valence-corrected chi connectivity index (χ2v) is 20.8. The highest BCUT2D eigenvalue weighted by molar-refractivity contribution is 5.86. The fraction of sp³-hybridized carbons (Fsp3) is 0.444. The van der Waals surface area contributed by atoms with Crippen LogP contribution in [-0.2, 0) is 57.3 Å². The van der Waals surface area contributed by atoms with E-state index >= 15 is 0 Å². The number of nitrogen functional groups attached to an aromatic ring is 1. The van der Waals surface area contributed by atoms with Gasteiger partial charge in [0, 0.05) is 30.9 Å². The molecule has 2 atom stereocenters. The zero-order valence-electron chi connectivity index (χ0n) is 42.1. The molecule has 0 bridgehead atoms. The lowest BCUT2D eigenvalue weighted by Gasteiger charge is -2.26. The second kappa shape index (κ2) is 23.4. The first-order valence-electron chi connectivity index (χ1n) is 23.0. The van der Waals surface area contributed by atoms with Gasteiger partial charge in [0.05, 0.1) is 6.54 Å². The number of hydrogen-bond donors (Lipinski definition) is 4. The number of alkyl carbamates (subject to hydrolysis) is 3. The molecule has 0 heterocycles. The summed E-state index contributed by atoms with van der Waals surface area (Å²) in [4.78, 5) is 74.8. The average Bonchev–Trinajstić information content (AvgIpc) is 3.54. The van der Waals surface area contributed by atoms with Gasteiger partial charge in [-0.15, -0.1) is 0 Å². The summed E-state index contributed by atoms with van der Waals surface area (Å²) < 4.78 is 27.0. The minimum Gasteiger partial charge on any atom is -0.458 e. The SMILES string of the molecule is CC(C)(C)OC(=O)N[C@@H](Cc1ccc(CC(=O)CNC(=O)OCC2c3ccccc3-c3ccccc32)cc1)C(=O)OC(C)(C)C.CC(C)(C)OC(=O)N[C@@H](Cc1ccc(N)cc1)C(=O)OC(C)(C)C. The second-order valence-electron chi connectivity index (χ2n) is 20.8. The van der Waals surface area contributed by atoms with Gasteiger partial charge in [0.1, 0.15) is 41.1 Å². The van der Waals surface area contributed by atoms with Gasteiger partial charge in [-0.2, -0.15) is 0 Å². The van der Waals surface area contributed by atoms with Gasteiger partial charge in [-0.3, -0.25) is 4.79 Å². The summed E-state index contributed by atoms with van der Waals surface area (Å²) in [5.74, 6) is -1.33. The predicted molar refractivity (Wildman–Crippen MR) is 264 cm³/mol. The van der Waals surface area contributed by atoms with E-state index in [0.717, 1.165) is 38.9 Å². The Kier molecular flexibility index (Phi) is 18.6. The summed E-state index contributed by atoms with van der Waals surface area (Å²) in [6, 6.07) is 28.6. The zero-order valence-corrected chi connectivity index (χ0v) is 42.1. The monoisotopic (exact) mass is 951 g/mol. The van der Waals surface area contributed by atoms with Crippen LogP contribution in [0.2, 0.25) is 0 Å². The standard InChI is InChI=1S/C36H42N2O7.C18H28N2O4/c1-35(2,3)44-32(40)31(38-34(42)45-36(4,5)6)20-24-17-15-23(16-18-24)19-25(39)21-37-33(41)43-22-30-28-13-9-7-11-26(28)27-12-8-10-14-29(27)30;1-17(2,3)23-15(21)14(20-16(22)24-18(4,5)6)11-12-7-9-13(19)10-8-12/h7-18,30-31H,19-22H2,1-6H3,(H,37,41)(H,38,42);7-10,14H,11,19H2,1-6H3,(H,20,22)/t31-;14-/m00/s1. The first-order chi connectivity index (χ1) is 32.0. The smallest absolute Gasteiger partial charge is 0.408 e. The molecule has 0 unspecified atom stereocenters. The number of hydrogen-bond acceptors (Lipinski definition) is 12. The van der Waals surface area contributed by atoms with Crippen LogP contribution in [0.5, 0.6) is 0 Å². The van der Waals surface area contributed by atoms with E-state index in [9.17, 15) is 28.8 Å². The summed E-state index contributed by atoms with van der Waals surface area (Å²) >= 11 is 0. The van der Waals surface area contributed by atoms with Crippen molar-refractivity contribution in [3.8, 4) is 11.1 Å². The number of nitrogens with one attached hydrogen (secondary N) is 3. The molecule has 0 aromatic heterocycles. The molecule has 0 spiro atoms. The maximum absolute atomic E-state index is 12.9. The Hall–Kier alpha value is -6.90. The minimum absolute atomic E-state index is 0.0633. The number of nitrogens with two attached hydrogens (primary N) is 1. The number of carbonyl (C=O) groups is 6. The van der Waals surface area contributed by atoms with Gasteiger partial charge < -0.3 is 45.4 Å². The van der Waals surface area contributed by atoms with Crippen LogP contribution in [0.3, 0.4) is 0 Å². The van der Waals surface area contributed by atoms with E-state index in [-0.39, 0.29) is 44.1 Å². The maximum Gasteiger partial charge on any atom is 0.408 e. The normalized spacial score (nSPS) is 13.2. The Balaban J connectivity index is 0.000000365. The van der Waals surface area contributed by atoms with Gasteiger partial charge in [0.25, 0.3) is 0 Å². The maximum atomic E-state index is 12.9. The molecular formula is C54H70N4O11. The van der Waals surface area contributed by atoms with Gasteiger partial charge in [0.2, 0.25) is 0 Å². The number of amides is 3. The van der Waals surface area contributed by atoms with Crippen LogP contribution in [-0.4, -0.2) is 83.6 Å². The van der Waals surface area contributed by atoms with E-state index in [0.29, 0.717) is 5.69 Å². The number of benzene rings is 4. The van der Waals surface area contributed by atoms with Crippen molar-refractivity contribution in [2.75, 3.05) is 18.9 Å². The molecule has 4 aromatic rings. The summed E-state index contributed by atoms with van der Waals surface area (Å²) in [6.07, 6.45) is -1.46. The molecule has 1 aliphatic rings. The summed E-state index contributed by atoms with van der Waals surface area (Å²) in [5.41, 5.74) is 10.4. The van der Waals surface area contributed by atoms with E-state index in [1.54, 1.807) is 119 Å². The molecule has 5 rings (SSSR count). The fourth-order valence-corrected chi connectivity index (χ4v) is 7.06. The summed E-state index contributed by atoms with van der Waals surface area (Å²) in [6.45, 7) is 21.1. The van der Waals surface area contributed by atoms with Crippen molar-refractivity contribution < 1.29 is 52.5 Å². The van der Waals surface area contributed by atoms with Crippen molar-refractivity contribution in [3.05, 3.63) is 125 Å². The van der Waals surface area contributed by atoms with E-state index < -0.39 is 64.7 Å². The quantitative estimate of drug-likeness (QED) is 0.0530. The van der Waals surface area contributed by atoms with Crippen LogP contribution in [0, 0.1) is 0 Å². The Morgan fingerprint density at radius 1 is 0.507 bits per heavy atom. The highest BCUT2D eigenvalue weighted by Crippen LogP contribution is 2.44. The van der Waals surface area contributed by atoms with Crippen LogP contribution in [0.4, 0.5) is 20.1 Å². The zero-order chi connectivity index (χ0) is 51.3. The van der Waals surface area contributed by atoms with Crippen molar-refractivity contribution in [1.29, 1.82) is 0 Å². The first kappa shape index (κ1) is 54.7. The van der Waals surface area contributed by atoms with Gasteiger partial charge in [-0.05, 0) is 134 Å². The van der Waals surface area contributed by atoms with Crippen LogP contribution in [0.1, 0.15) is 117 Å². The van der Waals surface area contributed by atoms with Crippen molar-refractivity contribution >= 4 is 41.7 Å². The van der Waals surface area contributed by atoms with Crippen molar-refractivity contribution in [2.45, 2.75) is 143 Å². The number of ketones is 1. The lowest BCUT2D eigenvalue weighted by atomic mass is 9.98. The van der Waals surface area contributed by atoms with Crippen LogP contribution in [0.25, 0.3) is 11.1 Å². The number of fused-ring (bicyclic) bond motifs is 3. The summed E-state index contributed by atoms with van der Waals surface area (Å²) in [7, 11) is 0. The highest BCUT2D eigenvalue weighted by atomic mass is 16.6. The van der Waals surface area contributed by atoms with E-state index in [2.05, 4.69) is 28.1 Å². The average molecular weight is 951 g/mol. The molecule has 4 aromatic carbocycles. The minimum atomic E-state index is -0.965. The Morgan fingerprint density at radius 3 is 1.29 bits per heavy atom. The third-order valence-electron chi connectivity index (χ3n) is 9.82. The number of rotatable bonds is 14. The van der Waals surface area contributed by atoms with Crippen molar-refractivity contribution in [1.82, 2.24) is 16.0 Å². The van der Waals surface area contributed by atoms with Crippen LogP contribution < -0.4 is 21.7 Å². The lowest BCUT2D eigenvalue weighted by Crippen LogP contribution is -2.47. The molecule has 0 aliphatic heterocycles. The number of esters is 2. The Bertz CT molecular complexity index is 2360. The van der Waals surface area contributed by atoms with Crippen molar-refractivity contribution in [3.63, 3.8) is 0 Å². The third-order valence-corrected chi connectivity index (χ3v) is 9.82. The molecule has 69 heavy (non-hydrogen) atoms. The van der Waals surface area contributed by atoms with Gasteiger partial charge in [0.15, 0.2) is 5.78 Å². The first-order valence-corrected chi connectivity index (χ1v) is 23.0. The largest absolute Gasteiger partial charge is 0.458 e. The van der Waals surface area contributed by atoms with Crippen LogP contribution in [0.15, 0.2) is 97.1 Å². The van der Waals surface area contributed by atoms with Crippen molar-refractivity contribution in [2.24, 2.45) is 0 Å². The number of carbonyl (C=O) groups excluding carboxylic acids is 6. The van der Waals surface area contributed by atoms with E-state index in [4.69, 9.17) is 29.4 Å². The number of Topliss-reactive ketones (excluding diaryl/α,β-unsaturated/α-hetero) is 1. The van der Waals surface area contributed by atoms with Gasteiger partial charge in [-0.25, -0.2) is 24.0 Å². The molecule has 372 valence electrons. The molecule has 3 amide bonds. The highest BCUT2D eigenvalue weighted by Gasteiger charge is 2.32. The van der Waals surface area contributed by atoms with Gasteiger partial charge >= 0.3 is 30.2 Å². The summed E-state index contributed by atoms with van der Waals surface area (Å²) in [5, 5.41) is 7.77. The molecule has 5 N–H and O–H groups in total. The lowest BCUT2D eigenvalue weighted by molar-refractivity contribution is -0.158. The van der Waals surface area contributed by atoms with E-state index in [1.165, 1.54) is 0 Å². The van der Waals surface area contributed by atoms with Crippen LogP contribution >= 0.6 is 0 Å². The molecule has 1 aliphatic carbocycles. The number of anilines is 1. The number of ether oxygens (including phenoxy) is 5. The van der Waals surface area contributed by atoms with E-state index in [1.807, 2.05) is 48.5 Å². The molecule has 0 radical (unpaired) electrons. The molecule has 0 fully saturated rings. The molecule has 15 nitrogen and oxygen atoms in total. The molecule has 15 heteroatoms. The fourth-order valence-electron chi connectivity index (χ4n) is 7.06. The molecular weight excluding hydrogens is 881 g/mol. The third kappa shape index (κ3) is 19.3.